The van der Waals surface area contributed by atoms with E-state index >= 15 is 0 Å². The lowest BCUT2D eigenvalue weighted by Crippen LogP contribution is -2.45. The summed E-state index contributed by atoms with van der Waals surface area (Å²) in [4.78, 5) is 22.7. The van der Waals surface area contributed by atoms with Crippen LogP contribution in [0.5, 0.6) is 0 Å². The molecule has 6 nitrogen and oxygen atoms in total. The number of unbranched alkanes of at least 4 members (excludes halogenated alkanes) is 3. The van der Waals surface area contributed by atoms with Gasteiger partial charge in [0.05, 0.1) is 13.2 Å². The number of amides is 2. The number of carbonyl (C=O) groups excluding carboxylic acids is 2. The predicted octanol–water partition coefficient (Wildman–Crippen LogP) is 0.590. The van der Waals surface area contributed by atoms with E-state index in [4.69, 9.17) is 15.2 Å². The van der Waals surface area contributed by atoms with Crippen molar-refractivity contribution in [1.82, 2.24) is 5.32 Å². The number of hydrogen-bond acceptors (Lipinski definition) is 4. The van der Waals surface area contributed by atoms with Crippen molar-refractivity contribution in [1.29, 1.82) is 0 Å². The molecule has 3 N–H and O–H groups in total. The highest BCUT2D eigenvalue weighted by molar-refractivity contribution is 5.86. The van der Waals surface area contributed by atoms with Gasteiger partial charge in [0, 0.05) is 7.11 Å². The van der Waals surface area contributed by atoms with Gasteiger partial charge in [-0.2, -0.15) is 0 Å². The molecule has 1 atom stereocenters. The summed E-state index contributed by atoms with van der Waals surface area (Å²) in [5.41, 5.74) is 5.26. The van der Waals surface area contributed by atoms with E-state index in [2.05, 4.69) is 12.2 Å². The van der Waals surface area contributed by atoms with Gasteiger partial charge in [-0.15, -0.1) is 0 Å². The molecule has 19 heavy (non-hydrogen) atoms. The SMILES string of the molecule is CCCCCC[C@@H](NC(=O)COCCOC)C(N)=O. The standard InChI is InChI=1S/C13H26N2O4/c1-3-4-5-6-7-11(13(14)17)15-12(16)10-19-9-8-18-2/h11H,3-10H2,1-2H3,(H2,14,17)(H,15,16)/t11-/m1/s1. The zero-order valence-corrected chi connectivity index (χ0v) is 11.9. The first-order valence-corrected chi connectivity index (χ1v) is 6.77. The lowest BCUT2D eigenvalue weighted by molar-refractivity contribution is -0.130. The van der Waals surface area contributed by atoms with E-state index in [-0.39, 0.29) is 12.5 Å². The lowest BCUT2D eigenvalue weighted by Gasteiger charge is -2.15. The van der Waals surface area contributed by atoms with Gasteiger partial charge in [0.15, 0.2) is 0 Å². The fourth-order valence-electron chi connectivity index (χ4n) is 1.60. The molecule has 0 saturated heterocycles. The third-order valence-electron chi connectivity index (χ3n) is 2.69. The average Bonchev–Trinajstić information content (AvgIpc) is 2.38. The van der Waals surface area contributed by atoms with Crippen molar-refractivity contribution in [3.05, 3.63) is 0 Å². The Bertz CT molecular complexity index is 259. The topological polar surface area (TPSA) is 90.7 Å². The Morgan fingerprint density at radius 1 is 1.21 bits per heavy atom. The van der Waals surface area contributed by atoms with Crippen LogP contribution in [0.4, 0.5) is 0 Å². The Labute approximate surface area is 115 Å². The average molecular weight is 274 g/mol. The van der Waals surface area contributed by atoms with Crippen molar-refractivity contribution in [3.8, 4) is 0 Å². The van der Waals surface area contributed by atoms with Crippen molar-refractivity contribution < 1.29 is 19.1 Å². The van der Waals surface area contributed by atoms with Gasteiger partial charge in [0.1, 0.15) is 12.6 Å². The molecule has 0 bridgehead atoms. The largest absolute Gasteiger partial charge is 0.382 e. The molecule has 0 aliphatic carbocycles. The third-order valence-corrected chi connectivity index (χ3v) is 2.69. The normalized spacial score (nSPS) is 12.1. The Balaban J connectivity index is 3.85. The van der Waals surface area contributed by atoms with Crippen LogP contribution < -0.4 is 11.1 Å². The lowest BCUT2D eigenvalue weighted by atomic mass is 10.1. The quantitative estimate of drug-likeness (QED) is 0.510. The first-order chi connectivity index (χ1) is 9.11. The van der Waals surface area contributed by atoms with Gasteiger partial charge in [-0.1, -0.05) is 32.6 Å². The summed E-state index contributed by atoms with van der Waals surface area (Å²) >= 11 is 0. The number of carbonyl (C=O) groups is 2. The van der Waals surface area contributed by atoms with E-state index in [1.54, 1.807) is 7.11 Å². The van der Waals surface area contributed by atoms with E-state index in [9.17, 15) is 9.59 Å². The molecular formula is C13H26N2O4. The van der Waals surface area contributed by atoms with Crippen molar-refractivity contribution in [2.24, 2.45) is 5.73 Å². The zero-order valence-electron chi connectivity index (χ0n) is 11.9. The molecule has 0 radical (unpaired) electrons. The number of hydrogen-bond donors (Lipinski definition) is 2. The van der Waals surface area contributed by atoms with Crippen LogP contribution in [0, 0.1) is 0 Å². The second-order valence-electron chi connectivity index (χ2n) is 4.42. The van der Waals surface area contributed by atoms with Crippen LogP contribution in [-0.2, 0) is 19.1 Å². The Kier molecular flexibility index (Phi) is 11.2. The second kappa shape index (κ2) is 11.9. The van der Waals surface area contributed by atoms with Crippen LogP contribution in [0.1, 0.15) is 39.0 Å². The number of nitrogens with two attached hydrogens (primary N) is 1. The summed E-state index contributed by atoms with van der Waals surface area (Å²) in [6.45, 7) is 2.82. The molecule has 0 aliphatic heterocycles. The third kappa shape index (κ3) is 10.5. The maximum absolute atomic E-state index is 11.5. The molecule has 0 unspecified atom stereocenters. The molecule has 0 saturated carbocycles. The van der Waals surface area contributed by atoms with Gasteiger partial charge >= 0.3 is 0 Å². The Morgan fingerprint density at radius 3 is 2.53 bits per heavy atom. The molecule has 0 spiro atoms. The van der Waals surface area contributed by atoms with Crippen LogP contribution >= 0.6 is 0 Å². The fourth-order valence-corrected chi connectivity index (χ4v) is 1.60. The van der Waals surface area contributed by atoms with Gasteiger partial charge in [0.2, 0.25) is 11.8 Å². The highest BCUT2D eigenvalue weighted by atomic mass is 16.5. The van der Waals surface area contributed by atoms with Gasteiger partial charge in [0.25, 0.3) is 0 Å². The first kappa shape index (κ1) is 17.9. The van der Waals surface area contributed by atoms with Crippen molar-refractivity contribution in [2.75, 3.05) is 26.9 Å². The molecule has 0 aliphatic rings. The molecule has 112 valence electrons. The molecule has 2 amide bonds. The predicted molar refractivity (Wildman–Crippen MR) is 72.6 cm³/mol. The number of rotatable bonds is 12. The van der Waals surface area contributed by atoms with E-state index in [0.29, 0.717) is 19.6 Å². The van der Waals surface area contributed by atoms with Crippen LogP contribution in [0.2, 0.25) is 0 Å². The molecule has 0 aromatic carbocycles. The van der Waals surface area contributed by atoms with Gasteiger partial charge in [-0.3, -0.25) is 9.59 Å². The number of nitrogens with one attached hydrogen (secondary N) is 1. The highest BCUT2D eigenvalue weighted by Crippen LogP contribution is 2.05. The molecule has 0 rings (SSSR count). The van der Waals surface area contributed by atoms with Crippen LogP contribution in [-0.4, -0.2) is 44.8 Å². The summed E-state index contributed by atoms with van der Waals surface area (Å²) in [5.74, 6) is -0.822. The summed E-state index contributed by atoms with van der Waals surface area (Å²) < 4.78 is 9.86. The maximum atomic E-state index is 11.5. The minimum Gasteiger partial charge on any atom is -0.382 e. The second-order valence-corrected chi connectivity index (χ2v) is 4.42. The molecule has 0 aromatic rings. The summed E-state index contributed by atoms with van der Waals surface area (Å²) in [5, 5.41) is 2.59. The smallest absolute Gasteiger partial charge is 0.246 e. The fraction of sp³-hybridized carbons (Fsp3) is 0.846. The van der Waals surface area contributed by atoms with Crippen LogP contribution in [0.25, 0.3) is 0 Å². The van der Waals surface area contributed by atoms with Crippen LogP contribution in [0.15, 0.2) is 0 Å². The van der Waals surface area contributed by atoms with E-state index < -0.39 is 11.9 Å². The maximum Gasteiger partial charge on any atom is 0.246 e. The van der Waals surface area contributed by atoms with Crippen molar-refractivity contribution >= 4 is 11.8 Å². The number of methoxy groups -OCH3 is 1. The molecule has 0 aromatic heterocycles. The first-order valence-electron chi connectivity index (χ1n) is 6.77. The Hall–Kier alpha value is -1.14. The summed E-state index contributed by atoms with van der Waals surface area (Å²) in [7, 11) is 1.56. The highest BCUT2D eigenvalue weighted by Gasteiger charge is 2.17. The Morgan fingerprint density at radius 2 is 1.95 bits per heavy atom. The van der Waals surface area contributed by atoms with E-state index in [1.807, 2.05) is 0 Å². The summed E-state index contributed by atoms with van der Waals surface area (Å²) in [6.07, 6.45) is 4.76. The van der Waals surface area contributed by atoms with E-state index in [0.717, 1.165) is 25.7 Å². The zero-order chi connectivity index (χ0) is 14.5. The number of primary amides is 1. The van der Waals surface area contributed by atoms with Gasteiger partial charge in [-0.25, -0.2) is 0 Å². The van der Waals surface area contributed by atoms with Crippen LogP contribution in [0.3, 0.4) is 0 Å². The van der Waals surface area contributed by atoms with Crippen molar-refractivity contribution in [3.63, 3.8) is 0 Å². The summed E-state index contributed by atoms with van der Waals surface area (Å²) in [6, 6.07) is -0.601. The minimum atomic E-state index is -0.601. The van der Waals surface area contributed by atoms with E-state index in [1.165, 1.54) is 0 Å². The molecular weight excluding hydrogens is 248 g/mol. The molecule has 0 heterocycles. The van der Waals surface area contributed by atoms with Crippen molar-refractivity contribution in [2.45, 2.75) is 45.1 Å². The van der Waals surface area contributed by atoms with Gasteiger partial charge in [-0.05, 0) is 6.42 Å². The van der Waals surface area contributed by atoms with Gasteiger partial charge < -0.3 is 20.5 Å². The number of ether oxygens (including phenoxy) is 2. The molecule has 0 fully saturated rings. The monoisotopic (exact) mass is 274 g/mol. The minimum absolute atomic E-state index is 0.0812. The molecule has 6 heteroatoms.